The average molecular weight is 264 g/mol. The third kappa shape index (κ3) is 2.09. The van der Waals surface area contributed by atoms with E-state index in [1.54, 1.807) is 12.4 Å². The monoisotopic (exact) mass is 264 g/mol. The molecule has 0 aromatic carbocycles. The maximum absolute atomic E-state index is 6.06. The van der Waals surface area contributed by atoms with Gasteiger partial charge in [0.05, 0.1) is 5.69 Å². The molecule has 0 aliphatic carbocycles. The summed E-state index contributed by atoms with van der Waals surface area (Å²) < 4.78 is 0. The summed E-state index contributed by atoms with van der Waals surface area (Å²) in [6.45, 7) is 4.09. The lowest BCUT2D eigenvalue weighted by molar-refractivity contribution is 1.11. The van der Waals surface area contributed by atoms with Crippen molar-refractivity contribution >= 4 is 16.6 Å². The smallest absolute Gasteiger partial charge is 0.133 e. The molecule has 100 valence electrons. The topological polar surface area (TPSA) is 64.7 Å². The fraction of sp³-hybridized carbons (Fsp3) is 0.188. The van der Waals surface area contributed by atoms with Gasteiger partial charge >= 0.3 is 0 Å². The SMILES string of the molecule is CCc1ccncc1-c1cc2cc(C)ncc2c(N)n1. The lowest BCUT2D eigenvalue weighted by Gasteiger charge is -2.09. The van der Waals surface area contributed by atoms with Crippen molar-refractivity contribution in [2.75, 3.05) is 5.73 Å². The molecule has 4 nitrogen and oxygen atoms in total. The molecule has 0 saturated heterocycles. The molecule has 3 rings (SSSR count). The number of anilines is 1. The summed E-state index contributed by atoms with van der Waals surface area (Å²) in [5.41, 5.74) is 10.2. The van der Waals surface area contributed by atoms with Crippen molar-refractivity contribution in [3.05, 3.63) is 48.0 Å². The summed E-state index contributed by atoms with van der Waals surface area (Å²) in [6.07, 6.45) is 6.37. The number of pyridine rings is 3. The molecule has 3 heterocycles. The van der Waals surface area contributed by atoms with Gasteiger partial charge in [0.25, 0.3) is 0 Å². The van der Waals surface area contributed by atoms with Crippen LogP contribution < -0.4 is 5.73 Å². The van der Waals surface area contributed by atoms with E-state index in [4.69, 9.17) is 5.73 Å². The molecule has 4 heteroatoms. The van der Waals surface area contributed by atoms with Gasteiger partial charge in [-0.1, -0.05) is 6.92 Å². The minimum absolute atomic E-state index is 0.510. The van der Waals surface area contributed by atoms with Gasteiger partial charge in [0.2, 0.25) is 0 Å². The Labute approximate surface area is 117 Å². The van der Waals surface area contributed by atoms with Crippen LogP contribution in [0.5, 0.6) is 0 Å². The molecule has 0 amide bonds. The minimum atomic E-state index is 0.510. The Morgan fingerprint density at radius 3 is 2.85 bits per heavy atom. The van der Waals surface area contributed by atoms with Crippen LogP contribution in [-0.2, 0) is 6.42 Å². The Morgan fingerprint density at radius 1 is 1.20 bits per heavy atom. The molecule has 0 atom stereocenters. The van der Waals surface area contributed by atoms with Gasteiger partial charge in [-0.25, -0.2) is 4.98 Å². The van der Waals surface area contributed by atoms with Crippen LogP contribution in [0.1, 0.15) is 18.2 Å². The maximum atomic E-state index is 6.06. The second-order valence-electron chi connectivity index (χ2n) is 4.83. The number of fused-ring (bicyclic) bond motifs is 1. The molecule has 3 aromatic heterocycles. The van der Waals surface area contributed by atoms with E-state index in [1.807, 2.05) is 25.3 Å². The van der Waals surface area contributed by atoms with Crippen molar-refractivity contribution in [2.45, 2.75) is 20.3 Å². The number of aromatic nitrogens is 3. The molecule has 0 fully saturated rings. The zero-order chi connectivity index (χ0) is 14.1. The van der Waals surface area contributed by atoms with Crippen molar-refractivity contribution in [1.29, 1.82) is 0 Å². The minimum Gasteiger partial charge on any atom is -0.383 e. The first kappa shape index (κ1) is 12.5. The second-order valence-corrected chi connectivity index (χ2v) is 4.83. The molecule has 0 radical (unpaired) electrons. The number of rotatable bonds is 2. The number of hydrogen-bond donors (Lipinski definition) is 1. The van der Waals surface area contributed by atoms with E-state index in [9.17, 15) is 0 Å². The van der Waals surface area contributed by atoms with Gasteiger partial charge in [0, 0.05) is 35.2 Å². The summed E-state index contributed by atoms with van der Waals surface area (Å²) in [6, 6.07) is 6.10. The first-order chi connectivity index (χ1) is 9.69. The molecule has 0 spiro atoms. The third-order valence-electron chi connectivity index (χ3n) is 3.45. The number of nitrogens with zero attached hydrogens (tertiary/aromatic N) is 3. The number of nitrogen functional groups attached to an aromatic ring is 1. The fourth-order valence-electron chi connectivity index (χ4n) is 2.38. The molecule has 20 heavy (non-hydrogen) atoms. The summed E-state index contributed by atoms with van der Waals surface area (Å²) in [7, 11) is 0. The third-order valence-corrected chi connectivity index (χ3v) is 3.45. The van der Waals surface area contributed by atoms with E-state index < -0.39 is 0 Å². The number of nitrogens with two attached hydrogens (primary N) is 1. The van der Waals surface area contributed by atoms with E-state index in [-0.39, 0.29) is 0 Å². The normalized spacial score (nSPS) is 10.9. The van der Waals surface area contributed by atoms with Crippen LogP contribution >= 0.6 is 0 Å². The Kier molecular flexibility index (Phi) is 3.06. The van der Waals surface area contributed by atoms with Gasteiger partial charge < -0.3 is 5.73 Å². The van der Waals surface area contributed by atoms with Gasteiger partial charge in [-0.05, 0) is 42.5 Å². The standard InChI is InChI=1S/C16H16N4/c1-3-11-4-5-18-8-13(11)15-7-12-6-10(2)19-9-14(12)16(17)20-15/h4-9H,3H2,1-2H3,(H2,17,20). The highest BCUT2D eigenvalue weighted by Gasteiger charge is 2.09. The number of hydrogen-bond acceptors (Lipinski definition) is 4. The number of aryl methyl sites for hydroxylation is 2. The van der Waals surface area contributed by atoms with Crippen LogP contribution in [0.15, 0.2) is 36.8 Å². The largest absolute Gasteiger partial charge is 0.383 e. The van der Waals surface area contributed by atoms with Crippen LogP contribution in [-0.4, -0.2) is 15.0 Å². The molecular formula is C16H16N4. The average Bonchev–Trinajstić information content (AvgIpc) is 2.46. The van der Waals surface area contributed by atoms with Gasteiger partial charge in [-0.15, -0.1) is 0 Å². The summed E-state index contributed by atoms with van der Waals surface area (Å²) >= 11 is 0. The van der Waals surface area contributed by atoms with E-state index in [0.29, 0.717) is 5.82 Å². The molecule has 0 aliphatic heterocycles. The second kappa shape index (κ2) is 4.89. The summed E-state index contributed by atoms with van der Waals surface area (Å²) in [5.74, 6) is 0.510. The van der Waals surface area contributed by atoms with Crippen LogP contribution in [0.25, 0.3) is 22.0 Å². The first-order valence-electron chi connectivity index (χ1n) is 6.65. The maximum Gasteiger partial charge on any atom is 0.133 e. The molecular weight excluding hydrogens is 248 g/mol. The van der Waals surface area contributed by atoms with Crippen molar-refractivity contribution in [2.24, 2.45) is 0 Å². The Morgan fingerprint density at radius 2 is 2.05 bits per heavy atom. The van der Waals surface area contributed by atoms with Crippen molar-refractivity contribution in [3.63, 3.8) is 0 Å². The van der Waals surface area contributed by atoms with E-state index in [0.717, 1.165) is 34.1 Å². The zero-order valence-electron chi connectivity index (χ0n) is 11.6. The van der Waals surface area contributed by atoms with E-state index in [1.165, 1.54) is 5.56 Å². The van der Waals surface area contributed by atoms with E-state index in [2.05, 4.69) is 27.9 Å². The summed E-state index contributed by atoms with van der Waals surface area (Å²) in [4.78, 5) is 13.0. The Balaban J connectivity index is 2.26. The van der Waals surface area contributed by atoms with Gasteiger partial charge in [-0.2, -0.15) is 0 Å². The lowest BCUT2D eigenvalue weighted by Crippen LogP contribution is -1.98. The van der Waals surface area contributed by atoms with E-state index >= 15 is 0 Å². The Hall–Kier alpha value is -2.49. The molecule has 3 aromatic rings. The molecule has 0 unspecified atom stereocenters. The molecule has 0 saturated carbocycles. The van der Waals surface area contributed by atoms with Crippen LogP contribution in [0.4, 0.5) is 5.82 Å². The van der Waals surface area contributed by atoms with Crippen LogP contribution in [0.2, 0.25) is 0 Å². The lowest BCUT2D eigenvalue weighted by atomic mass is 10.0. The predicted molar refractivity (Wildman–Crippen MR) is 81.3 cm³/mol. The first-order valence-corrected chi connectivity index (χ1v) is 6.65. The van der Waals surface area contributed by atoms with Crippen molar-refractivity contribution < 1.29 is 0 Å². The predicted octanol–water partition coefficient (Wildman–Crippen LogP) is 3.14. The highest BCUT2D eigenvalue weighted by molar-refractivity contribution is 5.93. The van der Waals surface area contributed by atoms with Crippen LogP contribution in [0.3, 0.4) is 0 Å². The highest BCUT2D eigenvalue weighted by atomic mass is 14.9. The quantitative estimate of drug-likeness (QED) is 0.772. The fourth-order valence-corrected chi connectivity index (χ4v) is 2.38. The Bertz CT molecular complexity index is 781. The summed E-state index contributed by atoms with van der Waals surface area (Å²) in [5, 5.41) is 1.95. The zero-order valence-corrected chi connectivity index (χ0v) is 11.6. The van der Waals surface area contributed by atoms with Gasteiger partial charge in [-0.3, -0.25) is 9.97 Å². The van der Waals surface area contributed by atoms with Gasteiger partial charge in [0.15, 0.2) is 0 Å². The van der Waals surface area contributed by atoms with Crippen molar-refractivity contribution in [3.8, 4) is 11.3 Å². The van der Waals surface area contributed by atoms with Crippen LogP contribution in [0, 0.1) is 6.92 Å². The van der Waals surface area contributed by atoms with Crippen molar-refractivity contribution in [1.82, 2.24) is 15.0 Å². The molecule has 0 bridgehead atoms. The molecule has 2 N–H and O–H groups in total. The highest BCUT2D eigenvalue weighted by Crippen LogP contribution is 2.28. The van der Waals surface area contributed by atoms with Gasteiger partial charge in [0.1, 0.15) is 5.82 Å². The molecule has 0 aliphatic rings.